The standard InChI is InChI=1S/C29H21Cl2N/c1-3-8-25-19(4-2)11-14-28-29(25)26-17-20(21-15-22(30)18-23(31)16-21)12-13-27(26)32(28)24-9-6-5-7-10-24/h3-18H,2H2,1H3/b8-3-. The fraction of sp³-hybridized carbons (Fsp3) is 0.0345. The largest absolute Gasteiger partial charge is 0.309 e. The molecule has 156 valence electrons. The molecular formula is C29H21Cl2N. The highest BCUT2D eigenvalue weighted by molar-refractivity contribution is 6.35. The Morgan fingerprint density at radius 1 is 0.781 bits per heavy atom. The van der Waals surface area contributed by atoms with Crippen LogP contribution in [0.15, 0.2) is 91.5 Å². The Morgan fingerprint density at radius 3 is 2.19 bits per heavy atom. The predicted octanol–water partition coefficient (Wildman–Crippen LogP) is 9.43. The van der Waals surface area contributed by atoms with Gasteiger partial charge in [-0.2, -0.15) is 0 Å². The molecule has 0 aliphatic heterocycles. The molecule has 4 aromatic carbocycles. The van der Waals surface area contributed by atoms with E-state index in [2.05, 4.69) is 77.9 Å². The van der Waals surface area contributed by atoms with E-state index in [9.17, 15) is 0 Å². The van der Waals surface area contributed by atoms with Crippen molar-refractivity contribution >= 4 is 57.2 Å². The molecular weight excluding hydrogens is 433 g/mol. The molecule has 0 amide bonds. The smallest absolute Gasteiger partial charge is 0.0547 e. The maximum atomic E-state index is 6.29. The Kier molecular flexibility index (Phi) is 5.38. The van der Waals surface area contributed by atoms with Gasteiger partial charge in [0.2, 0.25) is 0 Å². The summed E-state index contributed by atoms with van der Waals surface area (Å²) in [5.74, 6) is 0. The molecule has 0 unspecified atom stereocenters. The highest BCUT2D eigenvalue weighted by Crippen LogP contribution is 2.39. The van der Waals surface area contributed by atoms with Gasteiger partial charge < -0.3 is 4.57 Å². The van der Waals surface area contributed by atoms with Gasteiger partial charge in [0.25, 0.3) is 0 Å². The first kappa shape index (κ1) is 20.6. The SMILES string of the molecule is C=Cc1ccc2c(c1/C=C\C)c1cc(-c3cc(Cl)cc(Cl)c3)ccc1n2-c1ccccc1. The maximum Gasteiger partial charge on any atom is 0.0547 e. The van der Waals surface area contributed by atoms with Crippen molar-refractivity contribution in [1.82, 2.24) is 4.57 Å². The minimum atomic E-state index is 0.628. The molecule has 0 radical (unpaired) electrons. The number of hydrogen-bond acceptors (Lipinski definition) is 0. The topological polar surface area (TPSA) is 4.93 Å². The normalized spacial score (nSPS) is 11.6. The number of rotatable bonds is 4. The third kappa shape index (κ3) is 3.44. The molecule has 0 spiro atoms. The van der Waals surface area contributed by atoms with Crippen LogP contribution in [0.2, 0.25) is 10.0 Å². The van der Waals surface area contributed by atoms with Crippen LogP contribution in [-0.4, -0.2) is 4.57 Å². The second-order valence-corrected chi connectivity index (χ2v) is 8.60. The summed E-state index contributed by atoms with van der Waals surface area (Å²) in [6.07, 6.45) is 6.16. The predicted molar refractivity (Wildman–Crippen MR) is 141 cm³/mol. The van der Waals surface area contributed by atoms with Crippen molar-refractivity contribution < 1.29 is 0 Å². The van der Waals surface area contributed by atoms with Crippen molar-refractivity contribution in [2.45, 2.75) is 6.92 Å². The van der Waals surface area contributed by atoms with Gasteiger partial charge in [0.05, 0.1) is 11.0 Å². The molecule has 0 saturated carbocycles. The van der Waals surface area contributed by atoms with Crippen LogP contribution in [0, 0.1) is 0 Å². The van der Waals surface area contributed by atoms with Crippen molar-refractivity contribution in [2.24, 2.45) is 0 Å². The van der Waals surface area contributed by atoms with Gasteiger partial charge in [0.1, 0.15) is 0 Å². The zero-order valence-electron chi connectivity index (χ0n) is 17.6. The summed E-state index contributed by atoms with van der Waals surface area (Å²) in [6.45, 7) is 6.08. The highest BCUT2D eigenvalue weighted by Gasteiger charge is 2.17. The van der Waals surface area contributed by atoms with Gasteiger partial charge in [0, 0.05) is 26.5 Å². The maximum absolute atomic E-state index is 6.29. The minimum Gasteiger partial charge on any atom is -0.309 e. The molecule has 3 heteroatoms. The summed E-state index contributed by atoms with van der Waals surface area (Å²) in [6, 6.07) is 27.0. The molecule has 1 nitrogen and oxygen atoms in total. The summed E-state index contributed by atoms with van der Waals surface area (Å²) in [7, 11) is 0. The lowest BCUT2D eigenvalue weighted by molar-refractivity contribution is 1.18. The second kappa shape index (κ2) is 8.35. The molecule has 0 atom stereocenters. The van der Waals surface area contributed by atoms with Gasteiger partial charge in [-0.1, -0.05) is 78.3 Å². The van der Waals surface area contributed by atoms with Crippen molar-refractivity contribution in [2.75, 3.05) is 0 Å². The molecule has 1 heterocycles. The van der Waals surface area contributed by atoms with Crippen LogP contribution in [0.5, 0.6) is 0 Å². The van der Waals surface area contributed by atoms with Gasteiger partial charge in [-0.15, -0.1) is 0 Å². The summed E-state index contributed by atoms with van der Waals surface area (Å²) in [5, 5.41) is 3.63. The number of hydrogen-bond donors (Lipinski definition) is 0. The number of benzene rings is 4. The number of fused-ring (bicyclic) bond motifs is 3. The van der Waals surface area contributed by atoms with Crippen molar-refractivity contribution in [3.05, 3.63) is 113 Å². The number of allylic oxidation sites excluding steroid dienone is 1. The van der Waals surface area contributed by atoms with Gasteiger partial charge in [-0.05, 0) is 77.7 Å². The quantitative estimate of drug-likeness (QED) is 0.255. The van der Waals surface area contributed by atoms with E-state index >= 15 is 0 Å². The first-order valence-corrected chi connectivity index (χ1v) is 11.2. The van der Waals surface area contributed by atoms with E-state index in [4.69, 9.17) is 23.2 Å². The van der Waals surface area contributed by atoms with Crippen LogP contribution in [0.25, 0.3) is 50.8 Å². The first-order chi connectivity index (χ1) is 15.6. The average Bonchev–Trinajstić information content (AvgIpc) is 3.13. The molecule has 0 aliphatic carbocycles. The van der Waals surface area contributed by atoms with E-state index in [1.807, 2.05) is 31.2 Å². The Balaban J connectivity index is 1.93. The lowest BCUT2D eigenvalue weighted by Crippen LogP contribution is -1.93. The number of para-hydroxylation sites is 1. The Bertz CT molecular complexity index is 1490. The molecule has 0 fully saturated rings. The van der Waals surface area contributed by atoms with Gasteiger partial charge in [-0.25, -0.2) is 0 Å². The van der Waals surface area contributed by atoms with Crippen LogP contribution in [0.4, 0.5) is 0 Å². The van der Waals surface area contributed by atoms with Gasteiger partial charge >= 0.3 is 0 Å². The molecule has 32 heavy (non-hydrogen) atoms. The first-order valence-electron chi connectivity index (χ1n) is 10.5. The van der Waals surface area contributed by atoms with Gasteiger partial charge in [-0.3, -0.25) is 0 Å². The molecule has 1 aromatic heterocycles. The third-order valence-electron chi connectivity index (χ3n) is 5.77. The lowest BCUT2D eigenvalue weighted by atomic mass is 9.98. The summed E-state index contributed by atoms with van der Waals surface area (Å²) < 4.78 is 2.32. The van der Waals surface area contributed by atoms with E-state index in [1.54, 1.807) is 6.07 Å². The molecule has 5 aromatic rings. The molecule has 0 N–H and O–H groups in total. The molecule has 0 aliphatic rings. The van der Waals surface area contributed by atoms with Crippen molar-refractivity contribution in [1.29, 1.82) is 0 Å². The Morgan fingerprint density at radius 2 is 1.50 bits per heavy atom. The van der Waals surface area contributed by atoms with Crippen LogP contribution in [0.1, 0.15) is 18.1 Å². The van der Waals surface area contributed by atoms with Gasteiger partial charge in [0.15, 0.2) is 0 Å². The zero-order valence-corrected chi connectivity index (χ0v) is 19.2. The van der Waals surface area contributed by atoms with Crippen LogP contribution in [-0.2, 0) is 0 Å². The molecule has 0 bridgehead atoms. The van der Waals surface area contributed by atoms with Crippen molar-refractivity contribution in [3.8, 4) is 16.8 Å². The minimum absolute atomic E-state index is 0.628. The van der Waals surface area contributed by atoms with E-state index < -0.39 is 0 Å². The molecule has 5 rings (SSSR count). The third-order valence-corrected chi connectivity index (χ3v) is 6.20. The van der Waals surface area contributed by atoms with Crippen LogP contribution < -0.4 is 0 Å². The Hall–Kier alpha value is -3.26. The van der Waals surface area contributed by atoms with Crippen LogP contribution in [0.3, 0.4) is 0 Å². The van der Waals surface area contributed by atoms with E-state index in [1.165, 1.54) is 16.3 Å². The fourth-order valence-corrected chi connectivity index (χ4v) is 4.96. The second-order valence-electron chi connectivity index (χ2n) is 7.73. The van der Waals surface area contributed by atoms with Crippen molar-refractivity contribution in [3.63, 3.8) is 0 Å². The summed E-state index contributed by atoms with van der Waals surface area (Å²) >= 11 is 12.6. The zero-order chi connectivity index (χ0) is 22.2. The Labute approximate surface area is 197 Å². The van der Waals surface area contributed by atoms with E-state index in [0.717, 1.165) is 33.4 Å². The van der Waals surface area contributed by atoms with E-state index in [-0.39, 0.29) is 0 Å². The lowest BCUT2D eigenvalue weighted by Gasteiger charge is -2.09. The summed E-state index contributed by atoms with van der Waals surface area (Å²) in [4.78, 5) is 0. The monoisotopic (exact) mass is 453 g/mol. The average molecular weight is 454 g/mol. The number of halogens is 2. The molecule has 0 saturated heterocycles. The summed E-state index contributed by atoms with van der Waals surface area (Å²) in [5.41, 5.74) is 7.78. The number of aromatic nitrogens is 1. The van der Waals surface area contributed by atoms with Crippen LogP contribution >= 0.6 is 23.2 Å². The highest BCUT2D eigenvalue weighted by atomic mass is 35.5. The number of nitrogens with zero attached hydrogens (tertiary/aromatic N) is 1. The fourth-order valence-electron chi connectivity index (χ4n) is 4.43. The van der Waals surface area contributed by atoms with E-state index in [0.29, 0.717) is 10.0 Å².